The number of ether oxygens (including phenoxy) is 1. The molecule has 26 heavy (non-hydrogen) atoms. The van der Waals surface area contributed by atoms with Gasteiger partial charge in [-0.3, -0.25) is 10.8 Å². The van der Waals surface area contributed by atoms with Crippen LogP contribution in [0.1, 0.15) is 28.7 Å². The first-order valence-corrected chi connectivity index (χ1v) is 8.23. The molecule has 7 heteroatoms. The third-order valence-electron chi connectivity index (χ3n) is 3.81. The summed E-state index contributed by atoms with van der Waals surface area (Å²) in [7, 11) is 0. The average Bonchev–Trinajstić information content (AvgIpc) is 2.64. The number of alkyl carbamates (subject to hydrolysis) is 1. The number of hydrogen-bond donors (Lipinski definition) is 5. The zero-order chi connectivity index (χ0) is 18.9. The Balaban J connectivity index is 1.65. The second kappa shape index (κ2) is 9.22. The molecule has 0 unspecified atom stereocenters. The summed E-state index contributed by atoms with van der Waals surface area (Å²) in [6, 6.07) is 14.5. The number of nitrogens with two attached hydrogens (primary N) is 2. The van der Waals surface area contributed by atoms with E-state index in [0.717, 1.165) is 17.5 Å². The summed E-state index contributed by atoms with van der Waals surface area (Å²) in [5.74, 6) is 0.0624. The quantitative estimate of drug-likeness (QED) is 0.282. The Labute approximate surface area is 152 Å². The van der Waals surface area contributed by atoms with Gasteiger partial charge in [0.2, 0.25) is 0 Å². The van der Waals surface area contributed by atoms with Gasteiger partial charge in [-0.05, 0) is 24.0 Å². The maximum Gasteiger partial charge on any atom is 0.407 e. The summed E-state index contributed by atoms with van der Waals surface area (Å²) in [6.45, 7) is 0.674. The number of rotatable bonds is 8. The van der Waals surface area contributed by atoms with Crippen molar-refractivity contribution in [2.45, 2.75) is 19.4 Å². The summed E-state index contributed by atoms with van der Waals surface area (Å²) in [5.41, 5.74) is 14.2. The highest BCUT2D eigenvalue weighted by molar-refractivity contribution is 5.95. The molecule has 0 radical (unpaired) electrons. The molecular formula is C19H23N5O2. The lowest BCUT2D eigenvalue weighted by Crippen LogP contribution is -2.24. The van der Waals surface area contributed by atoms with Gasteiger partial charge in [0, 0.05) is 17.7 Å². The fourth-order valence-corrected chi connectivity index (χ4v) is 2.32. The van der Waals surface area contributed by atoms with Crippen LogP contribution in [0.5, 0.6) is 0 Å². The first-order chi connectivity index (χ1) is 12.5. The molecule has 0 spiro atoms. The van der Waals surface area contributed by atoms with E-state index in [1.54, 1.807) is 12.1 Å². The number of amidine groups is 2. The predicted molar refractivity (Wildman–Crippen MR) is 101 cm³/mol. The van der Waals surface area contributed by atoms with E-state index in [9.17, 15) is 4.79 Å². The van der Waals surface area contributed by atoms with Crippen LogP contribution in [0.15, 0.2) is 48.5 Å². The third-order valence-corrected chi connectivity index (χ3v) is 3.81. The lowest BCUT2D eigenvalue weighted by Gasteiger charge is -2.08. The van der Waals surface area contributed by atoms with E-state index >= 15 is 0 Å². The zero-order valence-corrected chi connectivity index (χ0v) is 14.4. The van der Waals surface area contributed by atoms with Crippen molar-refractivity contribution in [3.05, 3.63) is 70.8 Å². The van der Waals surface area contributed by atoms with E-state index in [4.69, 9.17) is 27.0 Å². The molecule has 136 valence electrons. The van der Waals surface area contributed by atoms with Gasteiger partial charge in [-0.25, -0.2) is 4.79 Å². The van der Waals surface area contributed by atoms with Gasteiger partial charge in [0.25, 0.3) is 0 Å². The molecule has 0 aliphatic carbocycles. The fraction of sp³-hybridized carbons (Fsp3) is 0.211. The minimum atomic E-state index is -0.465. The molecule has 0 heterocycles. The highest BCUT2D eigenvalue weighted by atomic mass is 16.5. The molecule has 7 N–H and O–H groups in total. The third kappa shape index (κ3) is 5.94. The maximum atomic E-state index is 11.7. The van der Waals surface area contributed by atoms with Crippen LogP contribution < -0.4 is 16.8 Å². The van der Waals surface area contributed by atoms with E-state index in [1.807, 2.05) is 36.4 Å². The maximum absolute atomic E-state index is 11.7. The van der Waals surface area contributed by atoms with Crippen molar-refractivity contribution in [1.29, 1.82) is 10.8 Å². The molecule has 2 aromatic rings. The topological polar surface area (TPSA) is 138 Å². The summed E-state index contributed by atoms with van der Waals surface area (Å²) < 4.78 is 5.15. The van der Waals surface area contributed by atoms with Gasteiger partial charge < -0.3 is 21.5 Å². The van der Waals surface area contributed by atoms with Crippen LogP contribution in [0.3, 0.4) is 0 Å². The molecule has 2 aromatic carbocycles. The molecule has 0 aromatic heterocycles. The van der Waals surface area contributed by atoms with E-state index in [-0.39, 0.29) is 11.7 Å². The molecule has 0 fully saturated rings. The zero-order valence-electron chi connectivity index (χ0n) is 14.4. The number of nitrogen functional groups attached to an aromatic ring is 2. The van der Waals surface area contributed by atoms with Gasteiger partial charge in [-0.2, -0.15) is 0 Å². The smallest absolute Gasteiger partial charge is 0.407 e. The Hall–Kier alpha value is -3.35. The highest BCUT2D eigenvalue weighted by Crippen LogP contribution is 2.07. The van der Waals surface area contributed by atoms with Gasteiger partial charge >= 0.3 is 6.09 Å². The van der Waals surface area contributed by atoms with Crippen LogP contribution in [-0.2, 0) is 17.7 Å². The molecule has 0 atom stereocenters. The van der Waals surface area contributed by atoms with Crippen LogP contribution in [0, 0.1) is 10.8 Å². The summed E-state index contributed by atoms with van der Waals surface area (Å²) >= 11 is 0. The van der Waals surface area contributed by atoms with Crippen molar-refractivity contribution >= 4 is 17.8 Å². The molecule has 1 amide bonds. The molecule has 2 rings (SSSR count). The summed E-state index contributed by atoms with van der Waals surface area (Å²) in [5, 5.41) is 17.4. The number of carbonyl (C=O) groups is 1. The first kappa shape index (κ1) is 19.0. The van der Waals surface area contributed by atoms with E-state index < -0.39 is 6.09 Å². The molecular weight excluding hydrogens is 330 g/mol. The van der Waals surface area contributed by atoms with E-state index in [0.29, 0.717) is 30.7 Å². The number of nitrogens with one attached hydrogen (secondary N) is 3. The molecule has 0 aliphatic heterocycles. The normalized spacial score (nSPS) is 10.2. The monoisotopic (exact) mass is 353 g/mol. The largest absolute Gasteiger partial charge is 0.450 e. The van der Waals surface area contributed by atoms with Crippen molar-refractivity contribution in [2.24, 2.45) is 11.5 Å². The summed E-state index contributed by atoms with van der Waals surface area (Å²) in [6.07, 6.45) is 1.02. The van der Waals surface area contributed by atoms with Crippen LogP contribution in [0.2, 0.25) is 0 Å². The Morgan fingerprint density at radius 3 is 1.88 bits per heavy atom. The van der Waals surface area contributed by atoms with Crippen molar-refractivity contribution in [3.63, 3.8) is 0 Å². The molecule has 0 saturated carbocycles. The molecule has 7 nitrogen and oxygen atoms in total. The fourth-order valence-electron chi connectivity index (χ4n) is 2.32. The Kier molecular flexibility index (Phi) is 6.73. The molecule has 0 bridgehead atoms. The van der Waals surface area contributed by atoms with Gasteiger partial charge in [-0.1, -0.05) is 48.5 Å². The lowest BCUT2D eigenvalue weighted by atomic mass is 10.1. The molecule has 0 aliphatic rings. The SMILES string of the molecule is N=C(N)c1ccc(CCCOC(=O)NCc2ccc(C(=N)N)cc2)cc1. The van der Waals surface area contributed by atoms with Gasteiger partial charge in [0.1, 0.15) is 11.7 Å². The van der Waals surface area contributed by atoms with E-state index in [2.05, 4.69) is 5.32 Å². The molecule has 0 saturated heterocycles. The van der Waals surface area contributed by atoms with Crippen LogP contribution in [0.25, 0.3) is 0 Å². The first-order valence-electron chi connectivity index (χ1n) is 8.23. The van der Waals surface area contributed by atoms with E-state index in [1.165, 1.54) is 0 Å². The van der Waals surface area contributed by atoms with Crippen molar-refractivity contribution < 1.29 is 9.53 Å². The van der Waals surface area contributed by atoms with Crippen molar-refractivity contribution in [2.75, 3.05) is 6.61 Å². The highest BCUT2D eigenvalue weighted by Gasteiger charge is 2.03. The standard InChI is InChI=1S/C19H23N5O2/c20-17(21)15-7-3-13(4-8-15)2-1-11-26-19(25)24-12-14-5-9-16(10-6-14)18(22)23/h3-10H,1-2,11-12H2,(H3,20,21)(H3,22,23)(H,24,25). The van der Waals surface area contributed by atoms with Gasteiger partial charge in [0.15, 0.2) is 0 Å². The van der Waals surface area contributed by atoms with Gasteiger partial charge in [-0.15, -0.1) is 0 Å². The number of benzene rings is 2. The second-order valence-corrected chi connectivity index (χ2v) is 5.81. The predicted octanol–water partition coefficient (Wildman–Crippen LogP) is 2.11. The number of aryl methyl sites for hydroxylation is 1. The lowest BCUT2D eigenvalue weighted by molar-refractivity contribution is 0.144. The van der Waals surface area contributed by atoms with Crippen LogP contribution in [-0.4, -0.2) is 24.4 Å². The van der Waals surface area contributed by atoms with Crippen molar-refractivity contribution in [1.82, 2.24) is 5.32 Å². The number of amides is 1. The van der Waals surface area contributed by atoms with Crippen LogP contribution >= 0.6 is 0 Å². The minimum absolute atomic E-state index is 0.0138. The second-order valence-electron chi connectivity index (χ2n) is 5.81. The Bertz CT molecular complexity index is 770. The number of hydrogen-bond acceptors (Lipinski definition) is 4. The summed E-state index contributed by atoms with van der Waals surface area (Å²) in [4.78, 5) is 11.7. The Morgan fingerprint density at radius 2 is 1.38 bits per heavy atom. The van der Waals surface area contributed by atoms with Crippen LogP contribution in [0.4, 0.5) is 4.79 Å². The minimum Gasteiger partial charge on any atom is -0.450 e. The van der Waals surface area contributed by atoms with Crippen molar-refractivity contribution in [3.8, 4) is 0 Å². The Morgan fingerprint density at radius 1 is 0.885 bits per heavy atom. The number of carbonyl (C=O) groups excluding carboxylic acids is 1. The van der Waals surface area contributed by atoms with Gasteiger partial charge in [0.05, 0.1) is 6.61 Å². The average molecular weight is 353 g/mol.